The van der Waals surface area contributed by atoms with E-state index in [4.69, 9.17) is 9.47 Å². The lowest BCUT2D eigenvalue weighted by Crippen LogP contribution is -2.00. The summed E-state index contributed by atoms with van der Waals surface area (Å²) in [5.41, 5.74) is 1.48. The van der Waals surface area contributed by atoms with E-state index in [1.54, 1.807) is 32.5 Å². The average molecular weight is 260 g/mol. The van der Waals surface area contributed by atoms with Crippen molar-refractivity contribution in [2.24, 2.45) is 0 Å². The first-order valence-electron chi connectivity index (χ1n) is 5.82. The van der Waals surface area contributed by atoms with Crippen LogP contribution in [0, 0.1) is 0 Å². The summed E-state index contributed by atoms with van der Waals surface area (Å²) in [6.07, 6.45) is 1.66. The van der Waals surface area contributed by atoms with Gasteiger partial charge in [-0.2, -0.15) is 0 Å². The molecule has 1 aromatic heterocycles. The van der Waals surface area contributed by atoms with Crippen molar-refractivity contribution in [3.8, 4) is 11.5 Å². The van der Waals surface area contributed by atoms with Gasteiger partial charge < -0.3 is 19.9 Å². The van der Waals surface area contributed by atoms with Gasteiger partial charge in [0.1, 0.15) is 17.3 Å². The Balaban J connectivity index is 2.32. The first kappa shape index (κ1) is 13.2. The Labute approximate surface area is 111 Å². The Bertz CT molecular complexity index is 558. The van der Waals surface area contributed by atoms with Crippen molar-refractivity contribution in [2.75, 3.05) is 19.5 Å². The number of pyridine rings is 1. The van der Waals surface area contributed by atoms with Crippen LogP contribution in [0.5, 0.6) is 11.5 Å². The lowest BCUT2D eigenvalue weighted by molar-refractivity contribution is 0.282. The Morgan fingerprint density at radius 2 is 2.05 bits per heavy atom. The van der Waals surface area contributed by atoms with Gasteiger partial charge in [-0.15, -0.1) is 0 Å². The number of methoxy groups -OCH3 is 2. The number of nitrogens with one attached hydrogen (secondary N) is 1. The van der Waals surface area contributed by atoms with Gasteiger partial charge in [0.05, 0.1) is 26.5 Å². The van der Waals surface area contributed by atoms with Crippen molar-refractivity contribution in [3.63, 3.8) is 0 Å². The number of rotatable bonds is 5. The van der Waals surface area contributed by atoms with Crippen molar-refractivity contribution in [3.05, 3.63) is 42.1 Å². The van der Waals surface area contributed by atoms with E-state index in [1.165, 1.54) is 0 Å². The van der Waals surface area contributed by atoms with E-state index in [0.717, 1.165) is 11.3 Å². The zero-order valence-electron chi connectivity index (χ0n) is 10.9. The van der Waals surface area contributed by atoms with Crippen LogP contribution in [0.15, 0.2) is 36.5 Å². The lowest BCUT2D eigenvalue weighted by atomic mass is 10.2. The molecule has 1 heterocycles. The van der Waals surface area contributed by atoms with Gasteiger partial charge in [0.2, 0.25) is 0 Å². The van der Waals surface area contributed by atoms with Crippen molar-refractivity contribution >= 4 is 11.5 Å². The second-order valence-corrected chi connectivity index (χ2v) is 3.86. The topological polar surface area (TPSA) is 63.6 Å². The standard InChI is InChI=1S/C14H16N2O3/c1-18-11-5-6-12(13(8-11)19-2)16-14-10(9-17)4-3-7-15-14/h3-8,17H,9H2,1-2H3,(H,15,16). The second kappa shape index (κ2) is 6.06. The number of ether oxygens (including phenoxy) is 2. The molecule has 0 radical (unpaired) electrons. The van der Waals surface area contributed by atoms with Gasteiger partial charge in [0, 0.05) is 17.8 Å². The maximum absolute atomic E-state index is 9.27. The number of aliphatic hydroxyl groups excluding tert-OH is 1. The third-order valence-electron chi connectivity index (χ3n) is 2.72. The summed E-state index contributed by atoms with van der Waals surface area (Å²) < 4.78 is 10.4. The summed E-state index contributed by atoms with van der Waals surface area (Å²) in [7, 11) is 3.19. The molecule has 0 fully saturated rings. The predicted octanol–water partition coefficient (Wildman–Crippen LogP) is 2.33. The molecule has 0 saturated carbocycles. The summed E-state index contributed by atoms with van der Waals surface area (Å²) >= 11 is 0. The van der Waals surface area contributed by atoms with Gasteiger partial charge >= 0.3 is 0 Å². The largest absolute Gasteiger partial charge is 0.497 e. The fraction of sp³-hybridized carbons (Fsp3) is 0.214. The highest BCUT2D eigenvalue weighted by atomic mass is 16.5. The van der Waals surface area contributed by atoms with E-state index >= 15 is 0 Å². The van der Waals surface area contributed by atoms with Crippen LogP contribution in [-0.4, -0.2) is 24.3 Å². The number of nitrogens with zero attached hydrogens (tertiary/aromatic N) is 1. The van der Waals surface area contributed by atoms with E-state index < -0.39 is 0 Å². The lowest BCUT2D eigenvalue weighted by Gasteiger charge is -2.13. The molecule has 0 bridgehead atoms. The van der Waals surface area contributed by atoms with Crippen LogP contribution < -0.4 is 14.8 Å². The summed E-state index contributed by atoms with van der Waals surface area (Å²) in [6.45, 7) is -0.0748. The fourth-order valence-electron chi connectivity index (χ4n) is 1.71. The van der Waals surface area contributed by atoms with Crippen molar-refractivity contribution in [1.29, 1.82) is 0 Å². The third kappa shape index (κ3) is 2.95. The van der Waals surface area contributed by atoms with Crippen molar-refractivity contribution in [2.45, 2.75) is 6.61 Å². The fourth-order valence-corrected chi connectivity index (χ4v) is 1.71. The minimum Gasteiger partial charge on any atom is -0.497 e. The van der Waals surface area contributed by atoms with Crippen molar-refractivity contribution < 1.29 is 14.6 Å². The molecule has 2 N–H and O–H groups in total. The molecule has 0 saturated heterocycles. The normalized spacial score (nSPS) is 10.1. The number of hydrogen-bond acceptors (Lipinski definition) is 5. The molecule has 0 atom stereocenters. The number of aromatic nitrogens is 1. The second-order valence-electron chi connectivity index (χ2n) is 3.86. The van der Waals surface area contributed by atoms with E-state index in [-0.39, 0.29) is 6.61 Å². The van der Waals surface area contributed by atoms with Crippen LogP contribution in [0.25, 0.3) is 0 Å². The Hall–Kier alpha value is -2.27. The molecule has 1 aromatic carbocycles. The highest BCUT2D eigenvalue weighted by Crippen LogP contribution is 2.31. The van der Waals surface area contributed by atoms with Gasteiger partial charge in [-0.3, -0.25) is 0 Å². The van der Waals surface area contributed by atoms with Crippen LogP contribution in [0.1, 0.15) is 5.56 Å². The minimum atomic E-state index is -0.0748. The first-order chi connectivity index (χ1) is 9.28. The van der Waals surface area contributed by atoms with Crippen LogP contribution in [0.3, 0.4) is 0 Å². The van der Waals surface area contributed by atoms with E-state index in [9.17, 15) is 5.11 Å². The van der Waals surface area contributed by atoms with Gasteiger partial charge in [-0.05, 0) is 18.2 Å². The first-order valence-corrected chi connectivity index (χ1v) is 5.82. The zero-order valence-corrected chi connectivity index (χ0v) is 10.9. The molecule has 2 aromatic rings. The SMILES string of the molecule is COc1ccc(Nc2ncccc2CO)c(OC)c1. The zero-order chi connectivity index (χ0) is 13.7. The van der Waals surface area contributed by atoms with Gasteiger partial charge in [0.25, 0.3) is 0 Å². The monoisotopic (exact) mass is 260 g/mol. The molecule has 0 aliphatic heterocycles. The molecule has 5 nitrogen and oxygen atoms in total. The molecule has 0 aliphatic rings. The number of hydrogen-bond donors (Lipinski definition) is 2. The maximum Gasteiger partial charge on any atom is 0.146 e. The molecule has 0 unspecified atom stereocenters. The quantitative estimate of drug-likeness (QED) is 0.864. The smallest absolute Gasteiger partial charge is 0.146 e. The highest BCUT2D eigenvalue weighted by Gasteiger charge is 2.08. The summed E-state index contributed by atoms with van der Waals surface area (Å²) in [5.74, 6) is 1.97. The van der Waals surface area contributed by atoms with Crippen LogP contribution in [-0.2, 0) is 6.61 Å². The Morgan fingerprint density at radius 3 is 2.74 bits per heavy atom. The molecule has 19 heavy (non-hydrogen) atoms. The average Bonchev–Trinajstić information content (AvgIpc) is 2.48. The highest BCUT2D eigenvalue weighted by molar-refractivity contribution is 5.67. The van der Waals surface area contributed by atoms with Crippen LogP contribution in [0.2, 0.25) is 0 Å². The number of anilines is 2. The summed E-state index contributed by atoms with van der Waals surface area (Å²) in [6, 6.07) is 9.04. The third-order valence-corrected chi connectivity index (χ3v) is 2.72. The molecule has 0 spiro atoms. The van der Waals surface area contributed by atoms with E-state index in [0.29, 0.717) is 17.3 Å². The maximum atomic E-state index is 9.27. The van der Waals surface area contributed by atoms with Gasteiger partial charge in [-0.25, -0.2) is 4.98 Å². The van der Waals surface area contributed by atoms with Crippen LogP contribution >= 0.6 is 0 Å². The molecule has 5 heteroatoms. The van der Waals surface area contributed by atoms with Gasteiger partial charge in [0.15, 0.2) is 0 Å². The summed E-state index contributed by atoms with van der Waals surface area (Å²) in [5, 5.41) is 12.4. The molecular formula is C14H16N2O3. The molecule has 0 aliphatic carbocycles. The number of aliphatic hydroxyl groups is 1. The van der Waals surface area contributed by atoms with E-state index in [2.05, 4.69) is 10.3 Å². The Morgan fingerprint density at radius 1 is 1.21 bits per heavy atom. The number of benzene rings is 1. The molecule has 100 valence electrons. The predicted molar refractivity (Wildman–Crippen MR) is 73.0 cm³/mol. The minimum absolute atomic E-state index is 0.0748. The van der Waals surface area contributed by atoms with E-state index in [1.807, 2.05) is 18.2 Å². The molecule has 0 amide bonds. The summed E-state index contributed by atoms with van der Waals surface area (Å²) in [4.78, 5) is 4.20. The van der Waals surface area contributed by atoms with Crippen LogP contribution in [0.4, 0.5) is 11.5 Å². The van der Waals surface area contributed by atoms with Crippen molar-refractivity contribution in [1.82, 2.24) is 4.98 Å². The Kier molecular flexibility index (Phi) is 4.20. The molecule has 2 rings (SSSR count). The van der Waals surface area contributed by atoms with Gasteiger partial charge in [-0.1, -0.05) is 6.07 Å². The molecular weight excluding hydrogens is 244 g/mol.